The van der Waals surface area contributed by atoms with Crippen molar-refractivity contribution >= 4 is 17.7 Å². The van der Waals surface area contributed by atoms with Crippen LogP contribution in [0.4, 0.5) is 0 Å². The van der Waals surface area contributed by atoms with Gasteiger partial charge in [0.05, 0.1) is 18.6 Å². The number of Topliss-reactive ketones (excluding diaryl/α,β-unsaturated/α-hetero) is 1. The Morgan fingerprint density at radius 2 is 1.80 bits per heavy atom. The number of benzene rings is 2. The molecule has 2 fully saturated rings. The molecule has 1 saturated heterocycles. The molecule has 8 heteroatoms. The van der Waals surface area contributed by atoms with Crippen molar-refractivity contribution in [3.63, 3.8) is 0 Å². The number of hydrogen-bond acceptors (Lipinski definition) is 8. The van der Waals surface area contributed by atoms with Gasteiger partial charge in [-0.1, -0.05) is 89.2 Å². The summed E-state index contributed by atoms with van der Waals surface area (Å²) < 4.78 is 29.8. The zero-order chi connectivity index (χ0) is 33.1. The minimum Gasteiger partial charge on any atom is -0.489 e. The Balaban J connectivity index is 1.30. The summed E-state index contributed by atoms with van der Waals surface area (Å²) in [6.45, 7) is 10.8. The molecule has 8 atom stereocenters. The summed E-state index contributed by atoms with van der Waals surface area (Å²) in [7, 11) is 1.72. The molecule has 1 saturated carbocycles. The molecular weight excluding hydrogens is 584 g/mol. The molecule has 2 aromatic carbocycles. The largest absolute Gasteiger partial charge is 0.489 e. The van der Waals surface area contributed by atoms with E-state index in [1.807, 2.05) is 61.5 Å². The highest BCUT2D eigenvalue weighted by Gasteiger charge is 2.63. The van der Waals surface area contributed by atoms with Gasteiger partial charge >= 0.3 is 11.9 Å². The van der Waals surface area contributed by atoms with E-state index >= 15 is 0 Å². The molecule has 248 valence electrons. The summed E-state index contributed by atoms with van der Waals surface area (Å²) in [6, 6.07) is 18.1. The molecule has 3 aliphatic rings. The average molecular weight is 633 g/mol. The van der Waals surface area contributed by atoms with E-state index < -0.39 is 35.0 Å². The molecule has 8 nitrogen and oxygen atoms in total. The molecule has 1 spiro atoms. The van der Waals surface area contributed by atoms with Crippen LogP contribution in [-0.2, 0) is 39.9 Å². The second-order valence-electron chi connectivity index (χ2n) is 14.0. The van der Waals surface area contributed by atoms with Crippen molar-refractivity contribution < 1.29 is 38.1 Å². The van der Waals surface area contributed by atoms with Crippen LogP contribution in [0.25, 0.3) is 0 Å². The monoisotopic (exact) mass is 632 g/mol. The zero-order valence-electron chi connectivity index (χ0n) is 27.9. The van der Waals surface area contributed by atoms with Crippen molar-refractivity contribution in [2.24, 2.45) is 29.1 Å². The molecule has 1 aliphatic carbocycles. The molecule has 0 N–H and O–H groups in total. The van der Waals surface area contributed by atoms with Crippen LogP contribution in [0.15, 0.2) is 66.7 Å². The molecule has 0 amide bonds. The van der Waals surface area contributed by atoms with Crippen LogP contribution in [0.1, 0.15) is 77.5 Å². The molecular formula is C38H48O8. The second kappa shape index (κ2) is 14.1. The predicted molar refractivity (Wildman–Crippen MR) is 173 cm³/mol. The maximum absolute atomic E-state index is 13.8. The number of cyclic esters (lactones) is 1. The Morgan fingerprint density at radius 3 is 2.50 bits per heavy atom. The quantitative estimate of drug-likeness (QED) is 0.151. The average Bonchev–Trinajstić information content (AvgIpc) is 3.44. The summed E-state index contributed by atoms with van der Waals surface area (Å²) in [5.41, 5.74) is 0.442. The van der Waals surface area contributed by atoms with Gasteiger partial charge in [-0.3, -0.25) is 14.4 Å². The standard InChI is InChI=1S/C38H48O8/c1-24(15-16-31(42-6)28-13-10-14-29(19-28)43-22-27-11-8-7-9-12-27)35-25(2)17-18-38(46-35)33(34(40)26(3)21-37(38,4)5)36(41)45-30-20-32(39)44-23-30/h7-14,17-19,24-26,30-31,33,35H,15-16,20-23H2,1-6H3/t24-,25-,26+,30+,31-,33-,35+,38-/m0/s1. The maximum atomic E-state index is 13.8. The fourth-order valence-corrected chi connectivity index (χ4v) is 7.51. The Bertz CT molecular complexity index is 1420. The molecule has 5 rings (SSSR count). The number of rotatable bonds is 11. The summed E-state index contributed by atoms with van der Waals surface area (Å²) in [5.74, 6) is -1.76. The van der Waals surface area contributed by atoms with E-state index in [0.717, 1.165) is 29.7 Å². The SMILES string of the molecule is CO[C@@H](CC[C@H](C)[C@H]1O[C@@]2(C=C[C@@H]1C)[C@H](C(=O)O[C@H]1COC(=O)C1)C(=O)[C@H](C)CC2(C)C)c1cccc(OCc2ccccc2)c1. The predicted octanol–water partition coefficient (Wildman–Crippen LogP) is 6.81. The molecule has 0 aromatic heterocycles. The van der Waals surface area contributed by atoms with E-state index in [-0.39, 0.29) is 48.8 Å². The number of ether oxygens (including phenoxy) is 5. The van der Waals surface area contributed by atoms with Gasteiger partial charge in [0.15, 0.2) is 5.78 Å². The number of hydrogen-bond donors (Lipinski definition) is 0. The van der Waals surface area contributed by atoms with Gasteiger partial charge in [0, 0.05) is 18.9 Å². The Labute approximate surface area is 272 Å². The third-order valence-corrected chi connectivity index (χ3v) is 10.1. The lowest BCUT2D eigenvalue weighted by Gasteiger charge is -2.56. The third-order valence-electron chi connectivity index (χ3n) is 10.1. The van der Waals surface area contributed by atoms with Crippen LogP contribution >= 0.6 is 0 Å². The smallest absolute Gasteiger partial charge is 0.320 e. The lowest BCUT2D eigenvalue weighted by Crippen LogP contribution is -2.65. The lowest BCUT2D eigenvalue weighted by atomic mass is 9.55. The molecule has 0 unspecified atom stereocenters. The van der Waals surface area contributed by atoms with Crippen molar-refractivity contribution in [2.75, 3.05) is 13.7 Å². The van der Waals surface area contributed by atoms with Crippen LogP contribution in [-0.4, -0.2) is 49.2 Å². The Morgan fingerprint density at radius 1 is 1.04 bits per heavy atom. The van der Waals surface area contributed by atoms with Crippen molar-refractivity contribution in [2.45, 2.75) is 90.8 Å². The minimum absolute atomic E-state index is 0.00525. The van der Waals surface area contributed by atoms with Crippen LogP contribution in [0.2, 0.25) is 0 Å². The summed E-state index contributed by atoms with van der Waals surface area (Å²) in [6.07, 6.45) is 5.08. The molecule has 0 radical (unpaired) electrons. The first-order valence-corrected chi connectivity index (χ1v) is 16.5. The van der Waals surface area contributed by atoms with Crippen molar-refractivity contribution in [3.8, 4) is 5.75 Å². The van der Waals surface area contributed by atoms with Gasteiger partial charge in [0.1, 0.15) is 36.6 Å². The van der Waals surface area contributed by atoms with Crippen LogP contribution in [0.3, 0.4) is 0 Å². The van der Waals surface area contributed by atoms with E-state index in [4.69, 9.17) is 23.7 Å². The molecule has 2 aliphatic heterocycles. The van der Waals surface area contributed by atoms with E-state index in [9.17, 15) is 14.4 Å². The highest BCUT2D eigenvalue weighted by molar-refractivity contribution is 6.03. The Hall–Kier alpha value is -3.49. The van der Waals surface area contributed by atoms with Gasteiger partial charge in [-0.15, -0.1) is 0 Å². The van der Waals surface area contributed by atoms with Gasteiger partial charge in [-0.25, -0.2) is 0 Å². The van der Waals surface area contributed by atoms with Crippen LogP contribution in [0.5, 0.6) is 5.75 Å². The van der Waals surface area contributed by atoms with Gasteiger partial charge in [-0.2, -0.15) is 0 Å². The van der Waals surface area contributed by atoms with E-state index in [1.165, 1.54) is 0 Å². The number of methoxy groups -OCH3 is 1. The first-order chi connectivity index (χ1) is 21.9. The topological polar surface area (TPSA) is 97.4 Å². The van der Waals surface area contributed by atoms with E-state index in [2.05, 4.69) is 39.8 Å². The van der Waals surface area contributed by atoms with Crippen molar-refractivity contribution in [1.82, 2.24) is 0 Å². The van der Waals surface area contributed by atoms with Gasteiger partial charge in [0.25, 0.3) is 0 Å². The van der Waals surface area contributed by atoms with Gasteiger partial charge in [-0.05, 0) is 53.9 Å². The van der Waals surface area contributed by atoms with Crippen LogP contribution in [0, 0.1) is 29.1 Å². The fraction of sp³-hybridized carbons (Fsp3) is 0.553. The van der Waals surface area contributed by atoms with Crippen LogP contribution < -0.4 is 4.74 Å². The molecule has 2 heterocycles. The summed E-state index contributed by atoms with van der Waals surface area (Å²) >= 11 is 0. The number of ketones is 1. The molecule has 46 heavy (non-hydrogen) atoms. The normalized spacial score (nSPS) is 30.1. The first-order valence-electron chi connectivity index (χ1n) is 16.5. The molecule has 0 bridgehead atoms. The lowest BCUT2D eigenvalue weighted by molar-refractivity contribution is -0.217. The number of carbonyl (C=O) groups excluding carboxylic acids is 3. The highest BCUT2D eigenvalue weighted by Crippen LogP contribution is 2.54. The number of carbonyl (C=O) groups is 3. The van der Waals surface area contributed by atoms with E-state index in [1.54, 1.807) is 7.11 Å². The van der Waals surface area contributed by atoms with Gasteiger partial charge < -0.3 is 23.7 Å². The molecule has 2 aromatic rings. The summed E-state index contributed by atoms with van der Waals surface area (Å²) in [5, 5.41) is 0. The maximum Gasteiger partial charge on any atom is 0.320 e. The zero-order valence-corrected chi connectivity index (χ0v) is 27.9. The first kappa shape index (κ1) is 33.9. The fourth-order valence-electron chi connectivity index (χ4n) is 7.51. The minimum atomic E-state index is -1.17. The summed E-state index contributed by atoms with van der Waals surface area (Å²) in [4.78, 5) is 39.2. The van der Waals surface area contributed by atoms with E-state index in [0.29, 0.717) is 13.0 Å². The highest BCUT2D eigenvalue weighted by atomic mass is 16.6. The Kier molecular flexibility index (Phi) is 10.4. The van der Waals surface area contributed by atoms with Crippen molar-refractivity contribution in [3.05, 3.63) is 77.9 Å². The second-order valence-corrected chi connectivity index (χ2v) is 14.0. The third kappa shape index (κ3) is 7.08. The van der Waals surface area contributed by atoms with Crippen molar-refractivity contribution in [1.29, 1.82) is 0 Å². The van der Waals surface area contributed by atoms with Gasteiger partial charge in [0.2, 0.25) is 0 Å². The number of esters is 2.